The lowest BCUT2D eigenvalue weighted by Gasteiger charge is -2.35. The molecule has 11 nitrogen and oxygen atoms in total. The minimum Gasteiger partial charge on any atom is -0.491 e. The number of fused-ring (bicyclic) bond motifs is 1. The van der Waals surface area contributed by atoms with Gasteiger partial charge in [-0.25, -0.2) is 4.79 Å². The number of imide groups is 1. The smallest absolute Gasteiger partial charge is 0.407 e. The van der Waals surface area contributed by atoms with Crippen molar-refractivity contribution >= 4 is 31.9 Å². The first-order valence-electron chi connectivity index (χ1n) is 12.6. The van der Waals surface area contributed by atoms with E-state index < -0.39 is 32.2 Å². The number of rotatable bonds is 9. The zero-order valence-electron chi connectivity index (χ0n) is 21.6. The largest absolute Gasteiger partial charge is 0.491 e. The first-order valence-corrected chi connectivity index (χ1v) is 16.3. The topological polar surface area (TPSA) is 126 Å². The minimum atomic E-state index is -1.30. The third-order valence-electron chi connectivity index (χ3n) is 6.90. The number of likely N-dealkylation sites (tertiary alicyclic amines) is 1. The van der Waals surface area contributed by atoms with E-state index in [1.165, 1.54) is 9.80 Å². The third kappa shape index (κ3) is 6.31. The van der Waals surface area contributed by atoms with Gasteiger partial charge in [-0.3, -0.25) is 24.2 Å². The first kappa shape index (κ1) is 27.1. The van der Waals surface area contributed by atoms with E-state index in [1.54, 1.807) is 18.2 Å². The number of hydrogen-bond donors (Lipinski definition) is 1. The number of carboxylic acid groups (broad SMARTS) is 1. The Hall–Kier alpha value is -2.96. The van der Waals surface area contributed by atoms with Gasteiger partial charge in [-0.15, -0.1) is 0 Å². The Morgan fingerprint density at radius 2 is 2.00 bits per heavy atom. The summed E-state index contributed by atoms with van der Waals surface area (Å²) in [6.07, 6.45) is -0.566. The molecular formula is C25H35N3O8Si. The summed E-state index contributed by atoms with van der Waals surface area (Å²) < 4.78 is 16.9. The van der Waals surface area contributed by atoms with Crippen LogP contribution in [0.5, 0.6) is 5.75 Å². The Labute approximate surface area is 217 Å². The van der Waals surface area contributed by atoms with E-state index in [-0.39, 0.29) is 57.7 Å². The van der Waals surface area contributed by atoms with Crippen molar-refractivity contribution in [3.63, 3.8) is 0 Å². The van der Waals surface area contributed by atoms with Gasteiger partial charge in [0.05, 0.1) is 19.3 Å². The van der Waals surface area contributed by atoms with Crippen LogP contribution in [0.3, 0.4) is 0 Å². The molecule has 2 atom stereocenters. The lowest BCUT2D eigenvalue weighted by Crippen LogP contribution is -2.55. The predicted molar refractivity (Wildman–Crippen MR) is 135 cm³/mol. The second kappa shape index (κ2) is 11.2. The van der Waals surface area contributed by atoms with Crippen LogP contribution in [0.25, 0.3) is 0 Å². The van der Waals surface area contributed by atoms with Crippen LogP contribution in [-0.4, -0.2) is 103 Å². The zero-order valence-corrected chi connectivity index (χ0v) is 22.6. The normalized spacial score (nSPS) is 22.5. The second-order valence-electron chi connectivity index (χ2n) is 10.8. The SMILES string of the molecule is C[Si](C)(C)CCOCN1C(=O)CCC(N2Cc3cc(OC[C@@H]4COCCN4C(=O)O)ccc3C2=O)C1=O. The van der Waals surface area contributed by atoms with E-state index in [4.69, 9.17) is 14.2 Å². The van der Waals surface area contributed by atoms with Crippen LogP contribution in [0.4, 0.5) is 4.79 Å². The number of benzene rings is 1. The number of amides is 4. The fourth-order valence-electron chi connectivity index (χ4n) is 4.68. The van der Waals surface area contributed by atoms with Crippen molar-refractivity contribution in [3.8, 4) is 5.75 Å². The molecule has 2 fully saturated rings. The number of carbonyl (C=O) groups excluding carboxylic acids is 3. The van der Waals surface area contributed by atoms with E-state index in [9.17, 15) is 24.3 Å². The number of piperidine rings is 1. The van der Waals surface area contributed by atoms with Crippen molar-refractivity contribution in [2.75, 3.05) is 39.7 Å². The molecule has 0 spiro atoms. The van der Waals surface area contributed by atoms with Crippen molar-refractivity contribution in [1.82, 2.24) is 14.7 Å². The summed E-state index contributed by atoms with van der Waals surface area (Å²) in [5, 5.41) is 9.38. The summed E-state index contributed by atoms with van der Waals surface area (Å²) in [5.74, 6) is -0.442. The van der Waals surface area contributed by atoms with Crippen LogP contribution in [0, 0.1) is 0 Å². The fraction of sp³-hybridized carbons (Fsp3) is 0.600. The Balaban J connectivity index is 1.37. The number of carbonyl (C=O) groups is 4. The van der Waals surface area contributed by atoms with E-state index in [2.05, 4.69) is 19.6 Å². The molecule has 12 heteroatoms. The van der Waals surface area contributed by atoms with Crippen molar-refractivity contribution in [3.05, 3.63) is 29.3 Å². The van der Waals surface area contributed by atoms with Gasteiger partial charge in [0.25, 0.3) is 11.8 Å². The fourth-order valence-corrected chi connectivity index (χ4v) is 5.44. The summed E-state index contributed by atoms with van der Waals surface area (Å²) >= 11 is 0. The molecule has 0 saturated carbocycles. The maximum Gasteiger partial charge on any atom is 0.407 e. The van der Waals surface area contributed by atoms with Gasteiger partial charge in [0.15, 0.2) is 0 Å². The van der Waals surface area contributed by atoms with Gasteiger partial charge in [0, 0.05) is 39.8 Å². The summed E-state index contributed by atoms with van der Waals surface area (Å²) in [7, 11) is -1.30. The highest BCUT2D eigenvalue weighted by Gasteiger charge is 2.43. The monoisotopic (exact) mass is 533 g/mol. The molecule has 0 bridgehead atoms. The quantitative estimate of drug-likeness (QED) is 0.291. The number of morpholine rings is 1. The molecule has 1 N–H and O–H groups in total. The van der Waals surface area contributed by atoms with E-state index >= 15 is 0 Å². The molecule has 1 aromatic rings. The van der Waals surface area contributed by atoms with Gasteiger partial charge in [0.1, 0.15) is 25.1 Å². The Morgan fingerprint density at radius 1 is 1.22 bits per heavy atom. The summed E-state index contributed by atoms with van der Waals surface area (Å²) in [4.78, 5) is 54.2. The predicted octanol–water partition coefficient (Wildman–Crippen LogP) is 2.23. The van der Waals surface area contributed by atoms with Crippen LogP contribution < -0.4 is 4.74 Å². The lowest BCUT2D eigenvalue weighted by molar-refractivity contribution is -0.158. The highest BCUT2D eigenvalue weighted by Crippen LogP contribution is 2.31. The standard InChI is InChI=1S/C25H35N3O8Si/c1-37(2,3)11-10-35-16-28-22(29)7-6-21(24(28)31)27-13-17-12-19(4-5-20(17)23(27)30)36-15-18-14-34-9-8-26(18)25(32)33/h4-5,12,18,21H,6-11,13-16H2,1-3H3,(H,32,33)/t18-,21?/m0/s1. The molecule has 1 aromatic carbocycles. The molecule has 4 amide bonds. The number of ether oxygens (including phenoxy) is 3. The average Bonchev–Trinajstić information content (AvgIpc) is 3.17. The van der Waals surface area contributed by atoms with Crippen molar-refractivity contribution in [2.24, 2.45) is 0 Å². The molecule has 3 aliphatic heterocycles. The van der Waals surface area contributed by atoms with Crippen molar-refractivity contribution in [2.45, 2.75) is 57.2 Å². The highest BCUT2D eigenvalue weighted by atomic mass is 28.3. The van der Waals surface area contributed by atoms with Gasteiger partial charge >= 0.3 is 6.09 Å². The van der Waals surface area contributed by atoms with Crippen LogP contribution in [0.1, 0.15) is 28.8 Å². The first-order chi connectivity index (χ1) is 17.5. The van der Waals surface area contributed by atoms with Gasteiger partial charge in [-0.2, -0.15) is 0 Å². The Morgan fingerprint density at radius 3 is 2.73 bits per heavy atom. The maximum absolute atomic E-state index is 13.2. The van der Waals surface area contributed by atoms with Crippen molar-refractivity contribution in [1.29, 1.82) is 0 Å². The van der Waals surface area contributed by atoms with E-state index in [1.807, 2.05) is 0 Å². The molecule has 3 heterocycles. The van der Waals surface area contributed by atoms with Crippen LogP contribution in [-0.2, 0) is 25.6 Å². The van der Waals surface area contributed by atoms with Crippen LogP contribution in [0.2, 0.25) is 25.7 Å². The highest BCUT2D eigenvalue weighted by molar-refractivity contribution is 6.76. The van der Waals surface area contributed by atoms with Crippen molar-refractivity contribution < 1.29 is 38.5 Å². The third-order valence-corrected chi connectivity index (χ3v) is 8.61. The Kier molecular flexibility index (Phi) is 8.19. The van der Waals surface area contributed by atoms with Gasteiger partial charge in [0.2, 0.25) is 5.91 Å². The summed E-state index contributed by atoms with van der Waals surface area (Å²) in [6.45, 7) is 8.33. The summed E-state index contributed by atoms with van der Waals surface area (Å²) in [5.41, 5.74) is 1.21. The van der Waals surface area contributed by atoms with E-state index in [0.717, 1.165) is 16.5 Å². The van der Waals surface area contributed by atoms with E-state index in [0.29, 0.717) is 24.5 Å². The van der Waals surface area contributed by atoms with Crippen LogP contribution >= 0.6 is 0 Å². The molecule has 3 aliphatic rings. The molecule has 37 heavy (non-hydrogen) atoms. The molecule has 4 rings (SSSR count). The van der Waals surface area contributed by atoms with Gasteiger partial charge in [-0.1, -0.05) is 19.6 Å². The average molecular weight is 534 g/mol. The van der Waals surface area contributed by atoms with Gasteiger partial charge < -0.3 is 24.2 Å². The summed E-state index contributed by atoms with van der Waals surface area (Å²) in [6, 6.07) is 4.85. The lowest BCUT2D eigenvalue weighted by atomic mass is 10.0. The maximum atomic E-state index is 13.2. The molecule has 0 radical (unpaired) electrons. The minimum absolute atomic E-state index is 0.0934. The molecule has 2 saturated heterocycles. The van der Waals surface area contributed by atoms with Gasteiger partial charge in [-0.05, 0) is 36.2 Å². The van der Waals surface area contributed by atoms with Crippen LogP contribution in [0.15, 0.2) is 18.2 Å². The number of hydrogen-bond acceptors (Lipinski definition) is 7. The molecule has 0 aliphatic carbocycles. The molecule has 1 unspecified atom stereocenters. The second-order valence-corrected chi connectivity index (χ2v) is 16.5. The molecular weight excluding hydrogens is 498 g/mol. The number of nitrogens with zero attached hydrogens (tertiary/aromatic N) is 3. The molecule has 202 valence electrons. The molecule has 0 aromatic heterocycles. The zero-order chi connectivity index (χ0) is 26.7. The Bertz CT molecular complexity index is 1060.